The van der Waals surface area contributed by atoms with Crippen LogP contribution in [0.1, 0.15) is 0 Å². The highest BCUT2D eigenvalue weighted by Crippen LogP contribution is 2.32. The molecule has 0 radical (unpaired) electrons. The van der Waals surface area contributed by atoms with Crippen LogP contribution in [0.4, 0.5) is 5.69 Å². The summed E-state index contributed by atoms with van der Waals surface area (Å²) in [4.78, 5) is 11.4. The van der Waals surface area contributed by atoms with E-state index in [0.717, 1.165) is 31.7 Å². The number of hydrogen-bond acceptors (Lipinski definition) is 3. The second-order valence-electron chi connectivity index (χ2n) is 7.94. The van der Waals surface area contributed by atoms with Crippen molar-refractivity contribution < 1.29 is 18.3 Å². The molecule has 4 aromatic carbocycles. The number of sulfonamides is 1. The van der Waals surface area contributed by atoms with Crippen LogP contribution in [-0.4, -0.2) is 30.6 Å². The predicted molar refractivity (Wildman–Crippen MR) is 139 cm³/mol. The lowest BCUT2D eigenvalue weighted by Gasteiger charge is -2.23. The molecule has 0 saturated carbocycles. The molecule has 6 nitrogen and oxygen atoms in total. The minimum atomic E-state index is -4.26. The third kappa shape index (κ3) is 4.34. The zero-order valence-corrected chi connectivity index (χ0v) is 20.4. The van der Waals surface area contributed by atoms with Crippen molar-refractivity contribution in [2.45, 2.75) is 4.90 Å². The van der Waals surface area contributed by atoms with E-state index >= 15 is 0 Å². The summed E-state index contributed by atoms with van der Waals surface area (Å²) in [5.41, 5.74) is 2.05. The summed E-state index contributed by atoms with van der Waals surface area (Å²) >= 11 is 12.0. The van der Waals surface area contributed by atoms with Gasteiger partial charge in [0.2, 0.25) is 0 Å². The molecule has 176 valence electrons. The molecule has 0 atom stereocenters. The highest BCUT2D eigenvalue weighted by atomic mass is 35.5. The number of aliphatic carboxylic acids is 1. The van der Waals surface area contributed by atoms with Gasteiger partial charge < -0.3 is 9.67 Å². The lowest BCUT2D eigenvalue weighted by Crippen LogP contribution is -2.35. The van der Waals surface area contributed by atoms with E-state index in [4.69, 9.17) is 23.2 Å². The monoisotopic (exact) mass is 524 g/mol. The number of rotatable bonds is 6. The third-order valence-electron chi connectivity index (χ3n) is 5.69. The average Bonchev–Trinajstić information content (AvgIpc) is 3.24. The van der Waals surface area contributed by atoms with Crippen LogP contribution in [0.15, 0.2) is 96.0 Å². The minimum absolute atomic E-state index is 0.133. The van der Waals surface area contributed by atoms with Gasteiger partial charge in [-0.25, -0.2) is 8.42 Å². The number of carboxylic acids is 1. The zero-order chi connectivity index (χ0) is 24.7. The molecule has 0 unspecified atom stereocenters. The van der Waals surface area contributed by atoms with Crippen molar-refractivity contribution in [2.75, 3.05) is 10.8 Å². The topological polar surface area (TPSA) is 79.6 Å². The summed E-state index contributed by atoms with van der Waals surface area (Å²) in [5, 5.41) is 12.7. The molecule has 0 bridgehead atoms. The quantitative estimate of drug-likeness (QED) is 0.279. The molecule has 1 aromatic heterocycles. The molecule has 1 N–H and O–H groups in total. The maximum absolute atomic E-state index is 13.4. The Morgan fingerprint density at radius 1 is 0.857 bits per heavy atom. The molecule has 0 saturated heterocycles. The molecule has 35 heavy (non-hydrogen) atoms. The molecule has 9 heteroatoms. The number of anilines is 1. The summed E-state index contributed by atoms with van der Waals surface area (Å²) < 4.78 is 29.7. The smallest absolute Gasteiger partial charge is 0.324 e. The Hall–Kier alpha value is -3.52. The lowest BCUT2D eigenvalue weighted by molar-refractivity contribution is -0.135. The summed E-state index contributed by atoms with van der Waals surface area (Å²) in [6.45, 7) is -0.762. The number of carboxylic acid groups (broad SMARTS) is 1. The Balaban J connectivity index is 1.63. The molecule has 0 aliphatic carbocycles. The minimum Gasteiger partial charge on any atom is -0.480 e. The SMILES string of the molecule is O=C(O)CN(c1ccc2c(ccn2-c2cccc3ccccc23)c1)S(=O)(=O)c1cc(Cl)cc(Cl)c1. The van der Waals surface area contributed by atoms with Gasteiger partial charge in [-0.2, -0.15) is 0 Å². The van der Waals surface area contributed by atoms with Crippen molar-refractivity contribution in [3.8, 4) is 5.69 Å². The van der Waals surface area contributed by atoms with Crippen LogP contribution in [0.25, 0.3) is 27.4 Å². The van der Waals surface area contributed by atoms with Crippen LogP contribution >= 0.6 is 23.2 Å². The summed E-state index contributed by atoms with van der Waals surface area (Å²) in [6.07, 6.45) is 1.91. The highest BCUT2D eigenvalue weighted by Gasteiger charge is 2.28. The predicted octanol–water partition coefficient (Wildman–Crippen LogP) is 6.37. The first kappa shape index (κ1) is 23.2. The Morgan fingerprint density at radius 3 is 2.31 bits per heavy atom. The van der Waals surface area contributed by atoms with Gasteiger partial charge in [-0.1, -0.05) is 59.6 Å². The molecular weight excluding hydrogens is 507 g/mol. The first-order valence-electron chi connectivity index (χ1n) is 10.5. The number of hydrogen-bond donors (Lipinski definition) is 1. The maximum atomic E-state index is 13.4. The van der Waals surface area contributed by atoms with Gasteiger partial charge in [0.15, 0.2) is 0 Å². The van der Waals surface area contributed by atoms with Crippen LogP contribution in [0, 0.1) is 0 Å². The van der Waals surface area contributed by atoms with Crippen molar-refractivity contribution in [3.63, 3.8) is 0 Å². The lowest BCUT2D eigenvalue weighted by atomic mass is 10.1. The number of aromatic nitrogens is 1. The molecule has 0 spiro atoms. The first-order valence-corrected chi connectivity index (χ1v) is 12.7. The van der Waals surface area contributed by atoms with E-state index < -0.39 is 22.5 Å². The molecule has 0 fully saturated rings. The Bertz CT molecular complexity index is 1690. The van der Waals surface area contributed by atoms with Crippen molar-refractivity contribution in [1.29, 1.82) is 0 Å². The maximum Gasteiger partial charge on any atom is 0.324 e. The standard InChI is InChI=1S/C26H18Cl2N2O4S/c27-19-13-20(28)15-22(14-19)35(33,34)30(16-26(31)32)21-8-9-24-18(12-21)10-11-29(24)25-7-3-5-17-4-1-2-6-23(17)25/h1-15H,16H2,(H,31,32). The van der Waals surface area contributed by atoms with E-state index in [0.29, 0.717) is 0 Å². The van der Waals surface area contributed by atoms with Gasteiger partial charge in [0.1, 0.15) is 6.54 Å². The Morgan fingerprint density at radius 2 is 1.57 bits per heavy atom. The molecular formula is C26H18Cl2N2O4S. The molecule has 0 aliphatic heterocycles. The van der Waals surface area contributed by atoms with Crippen LogP contribution < -0.4 is 4.31 Å². The molecule has 0 amide bonds. The van der Waals surface area contributed by atoms with E-state index in [1.165, 1.54) is 18.2 Å². The number of nitrogens with zero attached hydrogens (tertiary/aromatic N) is 2. The van der Waals surface area contributed by atoms with Gasteiger partial charge in [-0.05, 0) is 53.9 Å². The van der Waals surface area contributed by atoms with Crippen molar-refractivity contribution in [1.82, 2.24) is 4.57 Å². The van der Waals surface area contributed by atoms with Crippen LogP contribution in [0.3, 0.4) is 0 Å². The number of benzene rings is 4. The average molecular weight is 525 g/mol. The van der Waals surface area contributed by atoms with Crippen LogP contribution in [-0.2, 0) is 14.8 Å². The molecule has 5 rings (SSSR count). The van der Waals surface area contributed by atoms with Gasteiger partial charge in [-0.3, -0.25) is 9.10 Å². The Kier molecular flexibility index (Phi) is 5.92. The van der Waals surface area contributed by atoms with Crippen LogP contribution in [0.5, 0.6) is 0 Å². The number of fused-ring (bicyclic) bond motifs is 2. The summed E-state index contributed by atoms with van der Waals surface area (Å²) in [7, 11) is -4.26. The van der Waals surface area contributed by atoms with Crippen molar-refractivity contribution in [2.24, 2.45) is 0 Å². The van der Waals surface area contributed by atoms with Gasteiger partial charge in [-0.15, -0.1) is 0 Å². The van der Waals surface area contributed by atoms with Crippen LogP contribution in [0.2, 0.25) is 10.0 Å². The highest BCUT2D eigenvalue weighted by molar-refractivity contribution is 7.92. The van der Waals surface area contributed by atoms with E-state index in [1.54, 1.807) is 18.2 Å². The van der Waals surface area contributed by atoms with E-state index in [-0.39, 0.29) is 20.6 Å². The molecule has 5 aromatic rings. The van der Waals surface area contributed by atoms with E-state index in [2.05, 4.69) is 0 Å². The fourth-order valence-corrected chi connectivity index (χ4v) is 6.29. The number of halogens is 2. The van der Waals surface area contributed by atoms with Crippen molar-refractivity contribution in [3.05, 3.63) is 101 Å². The van der Waals surface area contributed by atoms with Crippen molar-refractivity contribution >= 4 is 66.6 Å². The number of carbonyl (C=O) groups is 1. The summed E-state index contributed by atoms with van der Waals surface area (Å²) in [6, 6.07) is 24.9. The van der Waals surface area contributed by atoms with Gasteiger partial charge >= 0.3 is 5.97 Å². The second kappa shape index (κ2) is 8.92. The van der Waals surface area contributed by atoms with Gasteiger partial charge in [0, 0.05) is 27.0 Å². The second-order valence-corrected chi connectivity index (χ2v) is 10.7. The summed E-state index contributed by atoms with van der Waals surface area (Å²) in [5.74, 6) is -1.30. The van der Waals surface area contributed by atoms with Gasteiger partial charge in [0.25, 0.3) is 10.0 Å². The third-order valence-corrected chi connectivity index (χ3v) is 7.88. The van der Waals surface area contributed by atoms with Gasteiger partial charge in [0.05, 0.1) is 21.8 Å². The zero-order valence-electron chi connectivity index (χ0n) is 18.1. The molecule has 0 aliphatic rings. The van der Waals surface area contributed by atoms with E-state index in [9.17, 15) is 18.3 Å². The van der Waals surface area contributed by atoms with E-state index in [1.807, 2.05) is 59.3 Å². The first-order chi connectivity index (χ1) is 16.7. The molecule has 1 heterocycles. The Labute approximate surface area is 211 Å². The fourth-order valence-electron chi connectivity index (χ4n) is 4.16. The fraction of sp³-hybridized carbons (Fsp3) is 0.0385. The normalized spacial score (nSPS) is 11.7. The largest absolute Gasteiger partial charge is 0.480 e.